The highest BCUT2D eigenvalue weighted by Gasteiger charge is 2.13. The van der Waals surface area contributed by atoms with Crippen LogP contribution in [0.5, 0.6) is 0 Å². The van der Waals surface area contributed by atoms with Gasteiger partial charge in [-0.05, 0) is 18.2 Å². The summed E-state index contributed by atoms with van der Waals surface area (Å²) < 4.78 is 13.2. The number of thiocarbonyl (C=S) groups is 1. The fourth-order valence-corrected chi connectivity index (χ4v) is 1.70. The zero-order valence-electron chi connectivity index (χ0n) is 9.67. The minimum atomic E-state index is -0.319. The Labute approximate surface area is 109 Å². The van der Waals surface area contributed by atoms with Crippen molar-refractivity contribution in [3.05, 3.63) is 48.2 Å². The number of aromatic nitrogens is 2. The van der Waals surface area contributed by atoms with E-state index in [2.05, 4.69) is 9.97 Å². The highest BCUT2D eigenvalue weighted by molar-refractivity contribution is 7.80. The SMILES string of the molecule is CN(c1cccc(F)c1)c1nccnc1C(N)=S. The van der Waals surface area contributed by atoms with Crippen LogP contribution in [-0.2, 0) is 0 Å². The molecule has 1 aromatic carbocycles. The third-order valence-electron chi connectivity index (χ3n) is 2.43. The normalized spacial score (nSPS) is 10.1. The Kier molecular flexibility index (Phi) is 3.47. The van der Waals surface area contributed by atoms with Crippen molar-refractivity contribution in [3.63, 3.8) is 0 Å². The van der Waals surface area contributed by atoms with E-state index in [0.29, 0.717) is 17.2 Å². The van der Waals surface area contributed by atoms with Gasteiger partial charge in [-0.25, -0.2) is 14.4 Å². The molecule has 0 saturated carbocycles. The predicted molar refractivity (Wildman–Crippen MR) is 72.4 cm³/mol. The van der Waals surface area contributed by atoms with Gasteiger partial charge >= 0.3 is 0 Å². The number of nitrogens with zero attached hydrogens (tertiary/aromatic N) is 3. The molecule has 2 N–H and O–H groups in total. The first-order valence-corrected chi connectivity index (χ1v) is 5.60. The molecule has 0 aliphatic carbocycles. The van der Waals surface area contributed by atoms with Gasteiger partial charge in [0.15, 0.2) is 5.82 Å². The van der Waals surface area contributed by atoms with Crippen LogP contribution in [0, 0.1) is 5.82 Å². The first kappa shape index (κ1) is 12.4. The van der Waals surface area contributed by atoms with Crippen molar-refractivity contribution < 1.29 is 4.39 Å². The Balaban J connectivity index is 2.46. The second kappa shape index (κ2) is 5.05. The Morgan fingerprint density at radius 3 is 2.72 bits per heavy atom. The number of nitrogens with two attached hydrogens (primary N) is 1. The van der Waals surface area contributed by atoms with E-state index < -0.39 is 0 Å². The number of hydrogen-bond acceptors (Lipinski definition) is 4. The monoisotopic (exact) mass is 262 g/mol. The van der Waals surface area contributed by atoms with Gasteiger partial charge in [0, 0.05) is 25.1 Å². The summed E-state index contributed by atoms with van der Waals surface area (Å²) in [5.74, 6) is 0.177. The van der Waals surface area contributed by atoms with E-state index in [9.17, 15) is 4.39 Å². The summed E-state index contributed by atoms with van der Waals surface area (Å²) in [7, 11) is 1.75. The van der Waals surface area contributed by atoms with Crippen molar-refractivity contribution in [2.45, 2.75) is 0 Å². The zero-order chi connectivity index (χ0) is 13.1. The molecule has 0 amide bonds. The van der Waals surface area contributed by atoms with Crippen molar-refractivity contribution >= 4 is 28.7 Å². The van der Waals surface area contributed by atoms with Crippen molar-refractivity contribution in [1.29, 1.82) is 0 Å². The number of hydrogen-bond donors (Lipinski definition) is 1. The van der Waals surface area contributed by atoms with Gasteiger partial charge < -0.3 is 10.6 Å². The van der Waals surface area contributed by atoms with Crippen LogP contribution >= 0.6 is 12.2 Å². The van der Waals surface area contributed by atoms with Crippen molar-refractivity contribution in [2.75, 3.05) is 11.9 Å². The Hall–Kier alpha value is -2.08. The summed E-state index contributed by atoms with van der Waals surface area (Å²) in [5, 5.41) is 0. The van der Waals surface area contributed by atoms with Crippen molar-refractivity contribution in [1.82, 2.24) is 9.97 Å². The second-order valence-corrected chi connectivity index (χ2v) is 4.07. The highest BCUT2D eigenvalue weighted by Crippen LogP contribution is 2.23. The maximum Gasteiger partial charge on any atom is 0.161 e. The lowest BCUT2D eigenvalue weighted by molar-refractivity contribution is 0.628. The van der Waals surface area contributed by atoms with Crippen LogP contribution in [0.3, 0.4) is 0 Å². The van der Waals surface area contributed by atoms with E-state index in [-0.39, 0.29) is 10.8 Å². The van der Waals surface area contributed by atoms with Crippen LogP contribution in [-0.4, -0.2) is 22.0 Å². The molecule has 2 aromatic rings. The molecule has 4 nitrogen and oxygen atoms in total. The first-order valence-electron chi connectivity index (χ1n) is 5.19. The van der Waals surface area contributed by atoms with Crippen LogP contribution in [0.25, 0.3) is 0 Å². The third-order valence-corrected chi connectivity index (χ3v) is 2.62. The van der Waals surface area contributed by atoms with Crippen LogP contribution in [0.1, 0.15) is 5.69 Å². The molecule has 0 atom stereocenters. The molecule has 0 fully saturated rings. The summed E-state index contributed by atoms with van der Waals surface area (Å²) in [5.41, 5.74) is 6.65. The molecule has 18 heavy (non-hydrogen) atoms. The van der Waals surface area contributed by atoms with Crippen LogP contribution in [0.15, 0.2) is 36.7 Å². The lowest BCUT2D eigenvalue weighted by Gasteiger charge is -2.20. The van der Waals surface area contributed by atoms with E-state index in [0.717, 1.165) is 0 Å². The van der Waals surface area contributed by atoms with Crippen LogP contribution in [0.4, 0.5) is 15.9 Å². The maximum absolute atomic E-state index is 13.2. The van der Waals surface area contributed by atoms with Crippen molar-refractivity contribution in [2.24, 2.45) is 5.73 Å². The minimum absolute atomic E-state index is 0.154. The Morgan fingerprint density at radius 2 is 2.06 bits per heavy atom. The zero-order valence-corrected chi connectivity index (χ0v) is 10.5. The molecule has 0 aliphatic rings. The average molecular weight is 262 g/mol. The molecular weight excluding hydrogens is 251 g/mol. The van der Waals surface area contributed by atoms with E-state index in [1.165, 1.54) is 24.5 Å². The maximum atomic E-state index is 13.2. The van der Waals surface area contributed by atoms with Crippen molar-refractivity contribution in [3.8, 4) is 0 Å². The average Bonchev–Trinajstić information content (AvgIpc) is 2.38. The van der Waals surface area contributed by atoms with Gasteiger partial charge in [0.25, 0.3) is 0 Å². The van der Waals surface area contributed by atoms with Gasteiger partial charge in [0.1, 0.15) is 16.5 Å². The quantitative estimate of drug-likeness (QED) is 0.858. The molecule has 6 heteroatoms. The summed E-state index contributed by atoms with van der Waals surface area (Å²) in [6.45, 7) is 0. The predicted octanol–water partition coefficient (Wildman–Crippen LogP) is 2.02. The summed E-state index contributed by atoms with van der Waals surface area (Å²) in [4.78, 5) is 10.1. The number of rotatable bonds is 3. The smallest absolute Gasteiger partial charge is 0.161 e. The van der Waals surface area contributed by atoms with Gasteiger partial charge in [-0.2, -0.15) is 0 Å². The topological polar surface area (TPSA) is 55.0 Å². The van der Waals surface area contributed by atoms with Crippen LogP contribution in [0.2, 0.25) is 0 Å². The van der Waals surface area contributed by atoms with Gasteiger partial charge in [-0.3, -0.25) is 0 Å². The molecule has 0 unspecified atom stereocenters. The third kappa shape index (κ3) is 2.43. The molecule has 0 spiro atoms. The lowest BCUT2D eigenvalue weighted by Crippen LogP contribution is -2.20. The fraction of sp³-hybridized carbons (Fsp3) is 0.0833. The van der Waals surface area contributed by atoms with Gasteiger partial charge in [0.05, 0.1) is 0 Å². The highest BCUT2D eigenvalue weighted by atomic mass is 32.1. The van der Waals surface area contributed by atoms with E-state index in [1.807, 2.05) is 0 Å². The minimum Gasteiger partial charge on any atom is -0.388 e. The first-order chi connectivity index (χ1) is 8.59. The lowest BCUT2D eigenvalue weighted by atomic mass is 10.2. The van der Waals surface area contributed by atoms with Gasteiger partial charge in [-0.1, -0.05) is 18.3 Å². The number of anilines is 2. The standard InChI is InChI=1S/C12H11FN4S/c1-17(9-4-2-3-8(13)7-9)12-10(11(14)18)15-5-6-16-12/h2-7H,1H3,(H2,14,18). The number of benzene rings is 1. The summed E-state index contributed by atoms with van der Waals surface area (Å²) in [6, 6.07) is 6.17. The van der Waals surface area contributed by atoms with E-state index in [1.54, 1.807) is 24.1 Å². The van der Waals surface area contributed by atoms with E-state index >= 15 is 0 Å². The van der Waals surface area contributed by atoms with Gasteiger partial charge in [-0.15, -0.1) is 0 Å². The largest absolute Gasteiger partial charge is 0.388 e. The molecule has 0 bridgehead atoms. The Morgan fingerprint density at radius 1 is 1.33 bits per heavy atom. The second-order valence-electron chi connectivity index (χ2n) is 3.63. The Bertz CT molecular complexity index is 588. The van der Waals surface area contributed by atoms with Gasteiger partial charge in [0.2, 0.25) is 0 Å². The molecule has 0 aliphatic heterocycles. The summed E-state index contributed by atoms with van der Waals surface area (Å²) in [6.07, 6.45) is 3.05. The molecule has 0 radical (unpaired) electrons. The fourth-order valence-electron chi connectivity index (χ4n) is 1.56. The molecule has 0 saturated heterocycles. The molecule has 1 aromatic heterocycles. The summed E-state index contributed by atoms with van der Waals surface area (Å²) >= 11 is 4.92. The van der Waals surface area contributed by atoms with E-state index in [4.69, 9.17) is 18.0 Å². The molecule has 2 rings (SSSR count). The molecule has 1 heterocycles. The van der Waals surface area contributed by atoms with Crippen LogP contribution < -0.4 is 10.6 Å². The number of halogens is 1. The molecule has 92 valence electrons. The molecular formula is C12H11FN4S.